The van der Waals surface area contributed by atoms with Gasteiger partial charge in [-0.15, -0.1) is 11.6 Å². The molecule has 0 amide bonds. The molecule has 0 saturated carbocycles. The number of rotatable bonds is 5. The summed E-state index contributed by atoms with van der Waals surface area (Å²) in [6.45, 7) is 0. The molecule has 5 N–H and O–H groups in total. The number of aliphatic hydroxyl groups is 2. The number of hydrazine groups is 1. The van der Waals surface area contributed by atoms with E-state index in [4.69, 9.17) is 17.4 Å². The quantitative estimate of drug-likeness (QED) is 0.334. The number of hydrogen-bond acceptors (Lipinski definition) is 5. The number of aliphatic hydroxyl groups excluding tert-OH is 2. The lowest BCUT2D eigenvalue weighted by Crippen LogP contribution is -2.20. The van der Waals surface area contributed by atoms with Crippen molar-refractivity contribution in [2.45, 2.75) is 18.6 Å². The van der Waals surface area contributed by atoms with Crippen molar-refractivity contribution in [3.63, 3.8) is 0 Å². The molecule has 0 fully saturated rings. The van der Waals surface area contributed by atoms with Crippen LogP contribution in [-0.2, 0) is 0 Å². The van der Waals surface area contributed by atoms with Crippen molar-refractivity contribution in [2.24, 2.45) is 5.84 Å². The number of pyridine rings is 1. The maximum Gasteiger partial charge on any atom is 0.140 e. The molecule has 0 aliphatic carbocycles. The molecule has 1 aromatic heterocycles. The molecule has 0 spiro atoms. The predicted molar refractivity (Wildman–Crippen MR) is 58.4 cm³/mol. The van der Waals surface area contributed by atoms with E-state index in [1.165, 1.54) is 0 Å². The Morgan fingerprint density at radius 2 is 2.20 bits per heavy atom. The highest BCUT2D eigenvalue weighted by Crippen LogP contribution is 2.18. The van der Waals surface area contributed by atoms with Crippen LogP contribution in [0.1, 0.15) is 18.2 Å². The van der Waals surface area contributed by atoms with Crippen molar-refractivity contribution in [3.05, 3.63) is 23.9 Å². The zero-order chi connectivity index (χ0) is 11.3. The molecule has 84 valence electrons. The molecule has 5 nitrogen and oxygen atoms in total. The zero-order valence-electron chi connectivity index (χ0n) is 8.10. The highest BCUT2D eigenvalue weighted by Gasteiger charge is 2.19. The van der Waals surface area contributed by atoms with Crippen molar-refractivity contribution in [2.75, 3.05) is 11.3 Å². The molecular formula is C9H14ClN3O2. The second kappa shape index (κ2) is 5.87. The van der Waals surface area contributed by atoms with Crippen LogP contribution in [0.4, 0.5) is 5.82 Å². The standard InChI is InChI=1S/C9H14ClN3O2/c10-5-4-7(14)9(15)6-2-1-3-8(12-6)13-11/h1-3,7,9,14-15H,4-5,11H2,(H,12,13). The summed E-state index contributed by atoms with van der Waals surface area (Å²) in [5, 5.41) is 19.2. The molecule has 6 heteroatoms. The van der Waals surface area contributed by atoms with Crippen molar-refractivity contribution in [3.8, 4) is 0 Å². The summed E-state index contributed by atoms with van der Waals surface area (Å²) in [6.07, 6.45) is -1.65. The number of nitrogens with zero attached hydrogens (tertiary/aromatic N) is 1. The third-order valence-corrected chi connectivity index (χ3v) is 2.21. The fourth-order valence-electron chi connectivity index (χ4n) is 1.16. The van der Waals surface area contributed by atoms with E-state index in [-0.39, 0.29) is 5.88 Å². The average molecular weight is 232 g/mol. The van der Waals surface area contributed by atoms with E-state index in [1.807, 2.05) is 0 Å². The summed E-state index contributed by atoms with van der Waals surface area (Å²) < 4.78 is 0. The number of aromatic nitrogens is 1. The molecule has 2 unspecified atom stereocenters. The molecule has 15 heavy (non-hydrogen) atoms. The molecule has 0 bridgehead atoms. The summed E-state index contributed by atoms with van der Waals surface area (Å²) >= 11 is 5.46. The lowest BCUT2D eigenvalue weighted by molar-refractivity contribution is 0.0145. The van der Waals surface area contributed by atoms with E-state index in [0.29, 0.717) is 17.9 Å². The third kappa shape index (κ3) is 3.32. The van der Waals surface area contributed by atoms with Gasteiger partial charge in [0, 0.05) is 5.88 Å². The smallest absolute Gasteiger partial charge is 0.140 e. The maximum absolute atomic E-state index is 9.70. The van der Waals surface area contributed by atoms with E-state index in [9.17, 15) is 10.2 Å². The minimum Gasteiger partial charge on any atom is -0.390 e. The van der Waals surface area contributed by atoms with Gasteiger partial charge in [0.05, 0.1) is 11.8 Å². The fraction of sp³-hybridized carbons (Fsp3) is 0.444. The van der Waals surface area contributed by atoms with Gasteiger partial charge in [-0.05, 0) is 18.6 Å². The van der Waals surface area contributed by atoms with E-state index in [0.717, 1.165) is 0 Å². The van der Waals surface area contributed by atoms with E-state index < -0.39 is 12.2 Å². The fourth-order valence-corrected chi connectivity index (χ4v) is 1.39. The SMILES string of the molecule is NNc1cccc(C(O)C(O)CCCl)n1. The van der Waals surface area contributed by atoms with Gasteiger partial charge >= 0.3 is 0 Å². The van der Waals surface area contributed by atoms with Crippen LogP contribution in [-0.4, -0.2) is 27.2 Å². The molecule has 1 rings (SSSR count). The van der Waals surface area contributed by atoms with Crippen LogP contribution in [0.5, 0.6) is 0 Å². The van der Waals surface area contributed by atoms with Crippen molar-refractivity contribution < 1.29 is 10.2 Å². The van der Waals surface area contributed by atoms with Crippen LogP contribution in [0.15, 0.2) is 18.2 Å². The average Bonchev–Trinajstić information content (AvgIpc) is 2.28. The van der Waals surface area contributed by atoms with Gasteiger partial charge in [0.15, 0.2) is 0 Å². The van der Waals surface area contributed by atoms with Gasteiger partial charge in [-0.1, -0.05) is 6.07 Å². The summed E-state index contributed by atoms with van der Waals surface area (Å²) in [5.41, 5.74) is 2.73. The Balaban J connectivity index is 2.76. The molecule has 1 heterocycles. The van der Waals surface area contributed by atoms with Crippen LogP contribution in [0.25, 0.3) is 0 Å². The number of anilines is 1. The molecular weight excluding hydrogens is 218 g/mol. The van der Waals surface area contributed by atoms with Gasteiger partial charge in [0.25, 0.3) is 0 Å². The van der Waals surface area contributed by atoms with Gasteiger partial charge in [-0.25, -0.2) is 10.8 Å². The summed E-state index contributed by atoms with van der Waals surface area (Å²) in [4.78, 5) is 4.01. The van der Waals surface area contributed by atoms with Crippen molar-refractivity contribution >= 4 is 17.4 Å². The van der Waals surface area contributed by atoms with E-state index >= 15 is 0 Å². The van der Waals surface area contributed by atoms with Crippen LogP contribution in [0, 0.1) is 0 Å². The summed E-state index contributed by atoms with van der Waals surface area (Å²) in [7, 11) is 0. The lowest BCUT2D eigenvalue weighted by Gasteiger charge is -2.16. The molecule has 0 aliphatic heterocycles. The Kier molecular flexibility index (Phi) is 4.77. The van der Waals surface area contributed by atoms with Crippen molar-refractivity contribution in [1.82, 2.24) is 4.98 Å². The Morgan fingerprint density at radius 1 is 1.47 bits per heavy atom. The first-order chi connectivity index (χ1) is 7.19. The number of nitrogens with two attached hydrogens (primary N) is 1. The molecule has 0 radical (unpaired) electrons. The highest BCUT2D eigenvalue weighted by molar-refractivity contribution is 6.17. The van der Waals surface area contributed by atoms with E-state index in [1.54, 1.807) is 18.2 Å². The van der Waals surface area contributed by atoms with Gasteiger partial charge < -0.3 is 15.6 Å². The molecule has 2 atom stereocenters. The molecule has 1 aromatic rings. The zero-order valence-corrected chi connectivity index (χ0v) is 8.85. The predicted octanol–water partition coefficient (Wildman–Crippen LogP) is 0.390. The third-order valence-electron chi connectivity index (χ3n) is 1.99. The summed E-state index contributed by atoms with van der Waals surface area (Å²) in [6, 6.07) is 4.96. The minimum absolute atomic E-state index is 0.285. The summed E-state index contributed by atoms with van der Waals surface area (Å²) in [5.74, 6) is 5.90. The number of hydrogen-bond donors (Lipinski definition) is 4. The number of halogens is 1. The second-order valence-corrected chi connectivity index (χ2v) is 3.46. The number of nitrogen functional groups attached to an aromatic ring is 1. The highest BCUT2D eigenvalue weighted by atomic mass is 35.5. The Hall–Kier alpha value is -0.880. The molecule has 0 aromatic carbocycles. The normalized spacial score (nSPS) is 14.7. The van der Waals surface area contributed by atoms with Crippen LogP contribution in [0.2, 0.25) is 0 Å². The maximum atomic E-state index is 9.70. The molecule has 0 aliphatic rings. The van der Waals surface area contributed by atoms with E-state index in [2.05, 4.69) is 10.4 Å². The first kappa shape index (κ1) is 12.2. The van der Waals surface area contributed by atoms with Gasteiger partial charge in [-0.3, -0.25) is 0 Å². The largest absolute Gasteiger partial charge is 0.390 e. The van der Waals surface area contributed by atoms with Crippen LogP contribution in [0.3, 0.4) is 0 Å². The Bertz CT molecular complexity index is 311. The second-order valence-electron chi connectivity index (χ2n) is 3.08. The Morgan fingerprint density at radius 3 is 2.80 bits per heavy atom. The minimum atomic E-state index is -1.04. The first-order valence-corrected chi connectivity index (χ1v) is 5.08. The van der Waals surface area contributed by atoms with Gasteiger partial charge in [-0.2, -0.15) is 0 Å². The number of nitrogens with one attached hydrogen (secondary N) is 1. The van der Waals surface area contributed by atoms with Crippen LogP contribution < -0.4 is 11.3 Å². The lowest BCUT2D eigenvalue weighted by atomic mass is 10.1. The monoisotopic (exact) mass is 231 g/mol. The number of alkyl halides is 1. The topological polar surface area (TPSA) is 91.4 Å². The molecule has 0 saturated heterocycles. The van der Waals surface area contributed by atoms with Gasteiger partial charge in [0.2, 0.25) is 0 Å². The van der Waals surface area contributed by atoms with Crippen molar-refractivity contribution in [1.29, 1.82) is 0 Å². The Labute approximate surface area is 92.9 Å². The van der Waals surface area contributed by atoms with Gasteiger partial charge in [0.1, 0.15) is 11.9 Å². The van der Waals surface area contributed by atoms with Crippen LogP contribution >= 0.6 is 11.6 Å². The first-order valence-electron chi connectivity index (χ1n) is 4.54.